The summed E-state index contributed by atoms with van der Waals surface area (Å²) in [5, 5.41) is 14.8. The van der Waals surface area contributed by atoms with Gasteiger partial charge in [0.2, 0.25) is 9.93 Å². The Morgan fingerprint density at radius 3 is 2.65 bits per heavy atom. The highest BCUT2D eigenvalue weighted by Gasteiger charge is 2.06. The summed E-state index contributed by atoms with van der Waals surface area (Å²) in [5.74, 6) is 0.810. The molecule has 4 rings (SSSR count). The van der Waals surface area contributed by atoms with Crippen molar-refractivity contribution in [2.45, 2.75) is 10.9 Å². The van der Waals surface area contributed by atoms with Gasteiger partial charge in [0.1, 0.15) is 0 Å². The first kappa shape index (κ1) is 16.8. The van der Waals surface area contributed by atoms with E-state index in [1.165, 1.54) is 10.9 Å². The minimum absolute atomic E-state index is 0.483. The van der Waals surface area contributed by atoms with Crippen LogP contribution in [0.5, 0.6) is 0 Å². The molecule has 0 aliphatic heterocycles. The predicted molar refractivity (Wildman–Crippen MR) is 110 cm³/mol. The Morgan fingerprint density at radius 1 is 1.00 bits per heavy atom. The van der Waals surface area contributed by atoms with Gasteiger partial charge in [-0.15, -0.1) is 5.10 Å². The third-order valence-electron chi connectivity index (χ3n) is 3.97. The van der Waals surface area contributed by atoms with E-state index in [1.807, 2.05) is 48.7 Å². The van der Waals surface area contributed by atoms with Gasteiger partial charge in [0.25, 0.3) is 0 Å². The van der Waals surface area contributed by atoms with Gasteiger partial charge in [0, 0.05) is 11.3 Å². The molecule has 1 heterocycles. The van der Waals surface area contributed by atoms with E-state index in [-0.39, 0.29) is 0 Å². The van der Waals surface area contributed by atoms with Crippen molar-refractivity contribution in [3.8, 4) is 0 Å². The van der Waals surface area contributed by atoms with Crippen molar-refractivity contribution >= 4 is 41.0 Å². The van der Waals surface area contributed by atoms with Crippen LogP contribution in [0.1, 0.15) is 11.1 Å². The summed E-state index contributed by atoms with van der Waals surface area (Å²) >= 11 is 6.93. The summed E-state index contributed by atoms with van der Waals surface area (Å²) in [5.41, 5.74) is 2.28. The summed E-state index contributed by atoms with van der Waals surface area (Å²) in [6, 6.07) is 24.7. The van der Waals surface area contributed by atoms with E-state index in [1.54, 1.807) is 16.4 Å². The second-order valence-corrected chi connectivity index (χ2v) is 7.04. The van der Waals surface area contributed by atoms with Crippen molar-refractivity contribution in [2.75, 3.05) is 0 Å². The highest BCUT2D eigenvalue weighted by atomic mass is 32.2. The van der Waals surface area contributed by atoms with Crippen molar-refractivity contribution in [3.05, 3.63) is 88.7 Å². The molecule has 0 aliphatic rings. The first-order valence-electron chi connectivity index (χ1n) is 8.17. The van der Waals surface area contributed by atoms with Crippen LogP contribution in [0.2, 0.25) is 0 Å². The largest absolute Gasteiger partial charge is 0.249 e. The Bertz CT molecular complexity index is 1110. The van der Waals surface area contributed by atoms with E-state index in [9.17, 15) is 0 Å². The Labute approximate surface area is 160 Å². The van der Waals surface area contributed by atoms with Crippen LogP contribution in [-0.2, 0) is 5.75 Å². The average Bonchev–Trinajstić information content (AvgIpc) is 3.05. The van der Waals surface area contributed by atoms with Gasteiger partial charge in [-0.25, -0.2) is 5.10 Å². The van der Waals surface area contributed by atoms with Gasteiger partial charge in [-0.2, -0.15) is 9.78 Å². The first-order chi connectivity index (χ1) is 12.8. The molecule has 0 amide bonds. The van der Waals surface area contributed by atoms with E-state index in [0.717, 1.165) is 21.9 Å². The molecule has 4 nitrogen and oxygen atoms in total. The molecule has 0 fully saturated rings. The maximum atomic E-state index is 5.33. The number of rotatable bonds is 5. The molecule has 0 aliphatic carbocycles. The standard InChI is InChI=1S/C20H16N4S2/c25-19-22-23-20(26-14-15-7-2-1-3-8-15)24(19)21-13-17-11-6-10-16-9-4-5-12-18(16)17/h1-13H,14H2,(H,22,25)/b21-13-. The lowest BCUT2D eigenvalue weighted by atomic mass is 10.1. The molecule has 0 unspecified atom stereocenters. The van der Waals surface area contributed by atoms with Crippen molar-refractivity contribution in [3.63, 3.8) is 0 Å². The Hall–Kier alpha value is -2.70. The fourth-order valence-corrected chi connectivity index (χ4v) is 3.77. The zero-order chi connectivity index (χ0) is 17.8. The van der Waals surface area contributed by atoms with E-state index in [0.29, 0.717) is 4.77 Å². The smallest absolute Gasteiger partial charge is 0.217 e. The van der Waals surface area contributed by atoms with E-state index >= 15 is 0 Å². The third-order valence-corrected chi connectivity index (χ3v) is 5.23. The maximum absolute atomic E-state index is 5.33. The Morgan fingerprint density at radius 2 is 1.77 bits per heavy atom. The maximum Gasteiger partial charge on any atom is 0.217 e. The zero-order valence-corrected chi connectivity index (χ0v) is 15.5. The first-order valence-corrected chi connectivity index (χ1v) is 9.57. The summed E-state index contributed by atoms with van der Waals surface area (Å²) in [7, 11) is 0. The number of nitrogens with one attached hydrogen (secondary N) is 1. The summed E-state index contributed by atoms with van der Waals surface area (Å²) < 4.78 is 2.15. The van der Waals surface area contributed by atoms with E-state index < -0.39 is 0 Å². The molecule has 26 heavy (non-hydrogen) atoms. The fourth-order valence-electron chi connectivity index (χ4n) is 2.68. The number of H-pyrrole nitrogens is 1. The summed E-state index contributed by atoms with van der Waals surface area (Å²) in [6.07, 6.45) is 1.83. The Kier molecular flexibility index (Phi) is 4.95. The molecule has 6 heteroatoms. The average molecular weight is 377 g/mol. The second-order valence-electron chi connectivity index (χ2n) is 5.71. The lowest BCUT2D eigenvalue weighted by Gasteiger charge is -2.03. The van der Waals surface area contributed by atoms with Gasteiger partial charge in [0.05, 0.1) is 6.21 Å². The van der Waals surface area contributed by atoms with Gasteiger partial charge in [-0.1, -0.05) is 84.6 Å². The lowest BCUT2D eigenvalue weighted by molar-refractivity contribution is 0.759. The van der Waals surface area contributed by atoms with Crippen LogP contribution in [0.15, 0.2) is 83.1 Å². The third kappa shape index (κ3) is 3.61. The number of aromatic nitrogens is 3. The highest BCUT2D eigenvalue weighted by molar-refractivity contribution is 7.98. The lowest BCUT2D eigenvalue weighted by Crippen LogP contribution is -1.94. The number of hydrogen-bond acceptors (Lipinski definition) is 4. The van der Waals surface area contributed by atoms with Gasteiger partial charge in [-0.3, -0.25) is 0 Å². The highest BCUT2D eigenvalue weighted by Crippen LogP contribution is 2.21. The minimum Gasteiger partial charge on any atom is -0.249 e. The number of fused-ring (bicyclic) bond motifs is 1. The van der Waals surface area contributed by atoms with Crippen LogP contribution >= 0.6 is 24.0 Å². The SMILES string of the molecule is S=c1[nH]nc(SCc2ccccc2)n1/N=C\c1cccc2ccccc12. The van der Waals surface area contributed by atoms with E-state index in [2.05, 4.69) is 45.6 Å². The number of thioether (sulfide) groups is 1. The molecule has 0 radical (unpaired) electrons. The fraction of sp³-hybridized carbons (Fsp3) is 0.0500. The molecule has 3 aromatic carbocycles. The van der Waals surface area contributed by atoms with Gasteiger partial charge in [0.15, 0.2) is 0 Å². The molecule has 128 valence electrons. The molecule has 1 aromatic heterocycles. The summed E-state index contributed by atoms with van der Waals surface area (Å²) in [6.45, 7) is 0. The molecule has 1 N–H and O–H groups in total. The van der Waals surface area contributed by atoms with Gasteiger partial charge < -0.3 is 0 Å². The number of aromatic amines is 1. The molecule has 0 saturated heterocycles. The topological polar surface area (TPSA) is 46.0 Å². The van der Waals surface area contributed by atoms with Crippen LogP contribution in [0.25, 0.3) is 10.8 Å². The predicted octanol–water partition coefficient (Wildman–Crippen LogP) is 5.27. The van der Waals surface area contributed by atoms with Gasteiger partial charge in [-0.05, 0) is 28.6 Å². The van der Waals surface area contributed by atoms with Crippen LogP contribution < -0.4 is 0 Å². The van der Waals surface area contributed by atoms with Crippen molar-refractivity contribution in [1.82, 2.24) is 14.9 Å². The van der Waals surface area contributed by atoms with Crippen LogP contribution in [-0.4, -0.2) is 21.1 Å². The molecule has 4 aromatic rings. The normalized spacial score (nSPS) is 11.4. The van der Waals surface area contributed by atoms with Crippen LogP contribution in [0.3, 0.4) is 0 Å². The molecule has 0 spiro atoms. The van der Waals surface area contributed by atoms with E-state index in [4.69, 9.17) is 12.2 Å². The van der Waals surface area contributed by atoms with Crippen LogP contribution in [0, 0.1) is 4.77 Å². The van der Waals surface area contributed by atoms with Crippen LogP contribution in [0.4, 0.5) is 0 Å². The zero-order valence-electron chi connectivity index (χ0n) is 13.9. The monoisotopic (exact) mass is 376 g/mol. The minimum atomic E-state index is 0.483. The number of hydrogen-bond donors (Lipinski definition) is 1. The quantitative estimate of drug-likeness (QED) is 0.293. The van der Waals surface area contributed by atoms with Gasteiger partial charge >= 0.3 is 0 Å². The van der Waals surface area contributed by atoms with Crippen molar-refractivity contribution < 1.29 is 0 Å². The number of benzene rings is 3. The summed E-state index contributed by atoms with van der Waals surface area (Å²) in [4.78, 5) is 0. The molecule has 0 bridgehead atoms. The molecular weight excluding hydrogens is 360 g/mol. The molecule has 0 atom stereocenters. The van der Waals surface area contributed by atoms with Crippen molar-refractivity contribution in [1.29, 1.82) is 0 Å². The second kappa shape index (κ2) is 7.68. The molecular formula is C20H16N4S2. The van der Waals surface area contributed by atoms with Crippen molar-refractivity contribution in [2.24, 2.45) is 5.10 Å². The number of nitrogens with zero attached hydrogens (tertiary/aromatic N) is 3. The molecule has 0 saturated carbocycles. The Balaban J connectivity index is 1.61.